The van der Waals surface area contributed by atoms with Gasteiger partial charge in [-0.05, 0) is 16.4 Å². The molecule has 0 aliphatic heterocycles. The van der Waals surface area contributed by atoms with Crippen molar-refractivity contribution < 1.29 is 19.4 Å². The minimum Gasteiger partial charge on any atom is -0.493 e. The number of hydrogen-bond donors (Lipinski definition) is 1. The molecule has 1 N–H and O–H groups in total. The van der Waals surface area contributed by atoms with Crippen LogP contribution in [0.5, 0.6) is 11.5 Å². The standard InChI is InChI=1S/C15H26O4Si2/c1-18-10-9-11(20(3,4)5)12(15(16)17)14(13(10)19-2)21(6,7)8/h9H,1-8H3,(H,16,17). The number of carboxylic acids is 1. The van der Waals surface area contributed by atoms with E-state index >= 15 is 0 Å². The van der Waals surface area contributed by atoms with Gasteiger partial charge in [-0.2, -0.15) is 0 Å². The van der Waals surface area contributed by atoms with Crippen LogP contribution in [0.1, 0.15) is 10.4 Å². The second kappa shape index (κ2) is 5.84. The van der Waals surface area contributed by atoms with E-state index in [0.717, 1.165) is 10.4 Å². The normalized spacial score (nSPS) is 12.2. The average Bonchev–Trinajstić information content (AvgIpc) is 2.33. The molecule has 0 heterocycles. The molecule has 118 valence electrons. The van der Waals surface area contributed by atoms with E-state index in [-0.39, 0.29) is 0 Å². The Morgan fingerprint density at radius 3 is 1.81 bits per heavy atom. The van der Waals surface area contributed by atoms with E-state index < -0.39 is 22.1 Å². The fourth-order valence-electron chi connectivity index (χ4n) is 2.52. The molecule has 0 aromatic heterocycles. The highest BCUT2D eigenvalue weighted by Gasteiger charge is 2.35. The van der Waals surface area contributed by atoms with E-state index in [9.17, 15) is 9.90 Å². The summed E-state index contributed by atoms with van der Waals surface area (Å²) in [6, 6.07) is 1.86. The number of benzene rings is 1. The average molecular weight is 327 g/mol. The smallest absolute Gasteiger partial charge is 0.335 e. The number of rotatable bonds is 5. The molecule has 1 rings (SSSR count). The van der Waals surface area contributed by atoms with Crippen LogP contribution in [0, 0.1) is 0 Å². The molecule has 0 saturated carbocycles. The van der Waals surface area contributed by atoms with E-state index in [4.69, 9.17) is 9.47 Å². The van der Waals surface area contributed by atoms with E-state index in [2.05, 4.69) is 39.3 Å². The second-order valence-electron chi connectivity index (χ2n) is 7.21. The van der Waals surface area contributed by atoms with Crippen LogP contribution in [-0.4, -0.2) is 41.4 Å². The highest BCUT2D eigenvalue weighted by Crippen LogP contribution is 2.29. The van der Waals surface area contributed by atoms with Crippen molar-refractivity contribution in [3.05, 3.63) is 11.6 Å². The highest BCUT2D eigenvalue weighted by molar-refractivity contribution is 6.93. The van der Waals surface area contributed by atoms with Gasteiger partial charge in [0.25, 0.3) is 0 Å². The van der Waals surface area contributed by atoms with Gasteiger partial charge in [0, 0.05) is 0 Å². The van der Waals surface area contributed by atoms with Crippen molar-refractivity contribution in [3.63, 3.8) is 0 Å². The molecule has 0 saturated heterocycles. The van der Waals surface area contributed by atoms with Gasteiger partial charge in [-0.1, -0.05) is 39.3 Å². The SMILES string of the molecule is COc1cc([Si](C)(C)C)c(C(=O)O)c([Si](C)(C)C)c1OC. The van der Waals surface area contributed by atoms with Crippen LogP contribution in [0.2, 0.25) is 39.3 Å². The lowest BCUT2D eigenvalue weighted by atomic mass is 10.2. The number of aromatic carboxylic acids is 1. The van der Waals surface area contributed by atoms with Crippen molar-refractivity contribution in [2.45, 2.75) is 39.3 Å². The second-order valence-corrected chi connectivity index (χ2v) is 17.3. The molecular formula is C15H26O4Si2. The molecule has 0 fully saturated rings. The summed E-state index contributed by atoms with van der Waals surface area (Å²) < 4.78 is 11.0. The first-order valence-corrected chi connectivity index (χ1v) is 14.0. The third-order valence-corrected chi connectivity index (χ3v) is 7.43. The summed E-state index contributed by atoms with van der Waals surface area (Å²) in [4.78, 5) is 12.0. The number of hydrogen-bond acceptors (Lipinski definition) is 3. The number of carboxylic acid groups (broad SMARTS) is 1. The molecule has 0 spiro atoms. The zero-order chi connectivity index (χ0) is 16.6. The molecule has 0 aliphatic rings. The van der Waals surface area contributed by atoms with Crippen LogP contribution in [0.25, 0.3) is 0 Å². The molecule has 0 unspecified atom stereocenters. The third-order valence-electron chi connectivity index (χ3n) is 3.44. The summed E-state index contributed by atoms with van der Waals surface area (Å²) in [5, 5.41) is 11.6. The van der Waals surface area contributed by atoms with Crippen molar-refractivity contribution in [1.82, 2.24) is 0 Å². The molecular weight excluding hydrogens is 300 g/mol. The van der Waals surface area contributed by atoms with Crippen molar-refractivity contribution in [2.75, 3.05) is 14.2 Å². The molecule has 1 aromatic rings. The lowest BCUT2D eigenvalue weighted by Gasteiger charge is -2.29. The van der Waals surface area contributed by atoms with Gasteiger partial charge < -0.3 is 14.6 Å². The molecule has 0 aliphatic carbocycles. The minimum absolute atomic E-state index is 0.436. The Morgan fingerprint density at radius 1 is 1.00 bits per heavy atom. The summed E-state index contributed by atoms with van der Waals surface area (Å²) in [7, 11) is -0.588. The molecule has 4 nitrogen and oxygen atoms in total. The van der Waals surface area contributed by atoms with Crippen molar-refractivity contribution in [2.24, 2.45) is 0 Å². The quantitative estimate of drug-likeness (QED) is 0.845. The van der Waals surface area contributed by atoms with Gasteiger partial charge in [0.1, 0.15) is 0 Å². The van der Waals surface area contributed by atoms with Gasteiger partial charge in [-0.3, -0.25) is 0 Å². The minimum atomic E-state index is -1.93. The summed E-state index contributed by atoms with van der Waals surface area (Å²) in [5.74, 6) is 0.346. The zero-order valence-corrected chi connectivity index (χ0v) is 16.2. The van der Waals surface area contributed by atoms with Crippen LogP contribution in [0.4, 0.5) is 0 Å². The van der Waals surface area contributed by atoms with E-state index in [0.29, 0.717) is 17.1 Å². The third kappa shape index (κ3) is 3.49. The molecule has 1 aromatic carbocycles. The molecule has 21 heavy (non-hydrogen) atoms. The predicted molar refractivity (Wildman–Crippen MR) is 92.5 cm³/mol. The topological polar surface area (TPSA) is 55.8 Å². The van der Waals surface area contributed by atoms with Crippen LogP contribution in [-0.2, 0) is 0 Å². The molecule has 0 radical (unpaired) electrons. The Kier molecular flexibility index (Phi) is 4.95. The van der Waals surface area contributed by atoms with Gasteiger partial charge >= 0.3 is 5.97 Å². The van der Waals surface area contributed by atoms with Gasteiger partial charge in [0.05, 0.1) is 35.9 Å². The van der Waals surface area contributed by atoms with Crippen LogP contribution in [0.3, 0.4) is 0 Å². The number of carbonyl (C=O) groups is 1. The van der Waals surface area contributed by atoms with Gasteiger partial charge in [-0.15, -0.1) is 0 Å². The Labute approximate surface area is 129 Å². The Hall–Kier alpha value is -1.28. The largest absolute Gasteiger partial charge is 0.493 e. The van der Waals surface area contributed by atoms with Crippen LogP contribution in [0.15, 0.2) is 6.07 Å². The maximum atomic E-state index is 12.0. The maximum Gasteiger partial charge on any atom is 0.335 e. The number of ether oxygens (including phenoxy) is 2. The Balaban J connectivity index is 3.99. The van der Waals surface area contributed by atoms with Crippen molar-refractivity contribution in [3.8, 4) is 11.5 Å². The summed E-state index contributed by atoms with van der Waals surface area (Å²) in [6.45, 7) is 12.8. The molecule has 0 atom stereocenters. The van der Waals surface area contributed by atoms with Crippen LogP contribution >= 0.6 is 0 Å². The maximum absolute atomic E-state index is 12.0. The van der Waals surface area contributed by atoms with Gasteiger partial charge in [0.15, 0.2) is 11.5 Å². The zero-order valence-electron chi connectivity index (χ0n) is 14.2. The summed E-state index contributed by atoms with van der Waals surface area (Å²) in [5.41, 5.74) is 0.436. The van der Waals surface area contributed by atoms with E-state index in [1.54, 1.807) is 14.2 Å². The fraction of sp³-hybridized carbons (Fsp3) is 0.533. The Morgan fingerprint density at radius 2 is 1.52 bits per heavy atom. The predicted octanol–water partition coefficient (Wildman–Crippen LogP) is 2.49. The van der Waals surface area contributed by atoms with Crippen molar-refractivity contribution >= 4 is 32.5 Å². The first-order valence-electron chi connectivity index (χ1n) is 6.98. The van der Waals surface area contributed by atoms with Gasteiger partial charge in [0.2, 0.25) is 0 Å². The Bertz CT molecular complexity index is 554. The van der Waals surface area contributed by atoms with E-state index in [1.165, 1.54) is 0 Å². The van der Waals surface area contributed by atoms with Gasteiger partial charge in [-0.25, -0.2) is 4.79 Å². The van der Waals surface area contributed by atoms with Crippen LogP contribution < -0.4 is 19.8 Å². The molecule has 0 bridgehead atoms. The molecule has 6 heteroatoms. The monoisotopic (exact) mass is 326 g/mol. The highest BCUT2D eigenvalue weighted by atomic mass is 28.3. The first kappa shape index (κ1) is 17.8. The van der Waals surface area contributed by atoms with Crippen molar-refractivity contribution in [1.29, 1.82) is 0 Å². The van der Waals surface area contributed by atoms with E-state index in [1.807, 2.05) is 6.07 Å². The first-order chi connectivity index (χ1) is 9.45. The summed E-state index contributed by atoms with van der Waals surface area (Å²) in [6.07, 6.45) is 0. The lowest BCUT2D eigenvalue weighted by molar-refractivity contribution is 0.0699. The molecule has 0 amide bonds. The number of methoxy groups -OCH3 is 2. The summed E-state index contributed by atoms with van der Waals surface area (Å²) >= 11 is 0. The lowest BCUT2D eigenvalue weighted by Crippen LogP contribution is -2.51. The fourth-order valence-corrected chi connectivity index (χ4v) is 6.09.